The van der Waals surface area contributed by atoms with Crippen LogP contribution in [0.25, 0.3) is 0 Å². The maximum absolute atomic E-state index is 10.1. The van der Waals surface area contributed by atoms with Gasteiger partial charge < -0.3 is 5.11 Å². The molecule has 0 bridgehead atoms. The molecular formula is C12H14N2OS. The molecule has 84 valence electrons. The average molecular weight is 234 g/mol. The SMILES string of the molecule is Cc1csc(CC(O)c2ccncc2C)n1. The van der Waals surface area contributed by atoms with Crippen molar-refractivity contribution in [2.24, 2.45) is 0 Å². The van der Waals surface area contributed by atoms with Crippen molar-refractivity contribution in [1.29, 1.82) is 0 Å². The molecule has 0 aliphatic heterocycles. The monoisotopic (exact) mass is 234 g/mol. The highest BCUT2D eigenvalue weighted by Crippen LogP contribution is 2.22. The van der Waals surface area contributed by atoms with Gasteiger partial charge in [0, 0.05) is 29.9 Å². The summed E-state index contributed by atoms with van der Waals surface area (Å²) in [6.45, 7) is 3.92. The zero-order valence-corrected chi connectivity index (χ0v) is 10.2. The Morgan fingerprint density at radius 2 is 2.25 bits per heavy atom. The number of aliphatic hydroxyl groups excluding tert-OH is 1. The number of thiazole rings is 1. The number of pyridine rings is 1. The molecule has 0 radical (unpaired) electrons. The predicted octanol–water partition coefficient (Wildman–Crippen LogP) is 2.43. The molecule has 0 spiro atoms. The van der Waals surface area contributed by atoms with Crippen molar-refractivity contribution in [1.82, 2.24) is 9.97 Å². The van der Waals surface area contributed by atoms with Crippen LogP contribution in [-0.4, -0.2) is 15.1 Å². The summed E-state index contributed by atoms with van der Waals surface area (Å²) in [5, 5.41) is 13.1. The molecule has 0 aliphatic carbocycles. The van der Waals surface area contributed by atoms with E-state index in [2.05, 4.69) is 9.97 Å². The Bertz CT molecular complexity index is 481. The summed E-state index contributed by atoms with van der Waals surface area (Å²) in [5.74, 6) is 0. The molecule has 0 fully saturated rings. The second-order valence-corrected chi connectivity index (χ2v) is 4.78. The molecule has 2 heterocycles. The van der Waals surface area contributed by atoms with E-state index in [9.17, 15) is 5.11 Å². The van der Waals surface area contributed by atoms with Gasteiger partial charge >= 0.3 is 0 Å². The summed E-state index contributed by atoms with van der Waals surface area (Å²) in [6.07, 6.45) is 3.56. The summed E-state index contributed by atoms with van der Waals surface area (Å²) in [4.78, 5) is 8.36. The largest absolute Gasteiger partial charge is 0.388 e. The third kappa shape index (κ3) is 2.46. The third-order valence-electron chi connectivity index (χ3n) is 2.46. The summed E-state index contributed by atoms with van der Waals surface area (Å²) >= 11 is 1.59. The van der Waals surface area contributed by atoms with E-state index < -0.39 is 6.10 Å². The first-order valence-electron chi connectivity index (χ1n) is 5.16. The zero-order valence-electron chi connectivity index (χ0n) is 9.34. The first-order chi connectivity index (χ1) is 7.66. The molecule has 1 unspecified atom stereocenters. The van der Waals surface area contributed by atoms with Crippen molar-refractivity contribution in [3.63, 3.8) is 0 Å². The fourth-order valence-corrected chi connectivity index (χ4v) is 2.44. The van der Waals surface area contributed by atoms with E-state index in [1.54, 1.807) is 23.7 Å². The lowest BCUT2D eigenvalue weighted by atomic mass is 10.0. The minimum Gasteiger partial charge on any atom is -0.388 e. The molecule has 0 aliphatic rings. The van der Waals surface area contributed by atoms with Gasteiger partial charge in [0.15, 0.2) is 0 Å². The van der Waals surface area contributed by atoms with Crippen LogP contribution in [0.3, 0.4) is 0 Å². The standard InChI is InChI=1S/C12H14N2OS/c1-8-6-13-4-3-10(8)11(15)5-12-14-9(2)7-16-12/h3-4,6-7,11,15H,5H2,1-2H3. The molecule has 0 aromatic carbocycles. The number of hydrogen-bond acceptors (Lipinski definition) is 4. The van der Waals surface area contributed by atoms with Crippen LogP contribution in [0.1, 0.15) is 27.9 Å². The van der Waals surface area contributed by atoms with Crippen LogP contribution < -0.4 is 0 Å². The van der Waals surface area contributed by atoms with Gasteiger partial charge in [-0.2, -0.15) is 0 Å². The van der Waals surface area contributed by atoms with Gasteiger partial charge in [0.2, 0.25) is 0 Å². The van der Waals surface area contributed by atoms with Crippen molar-refractivity contribution in [2.45, 2.75) is 26.4 Å². The van der Waals surface area contributed by atoms with Gasteiger partial charge in [-0.05, 0) is 31.0 Å². The smallest absolute Gasteiger partial charge is 0.0957 e. The Balaban J connectivity index is 2.14. The van der Waals surface area contributed by atoms with Crippen LogP contribution >= 0.6 is 11.3 Å². The minimum absolute atomic E-state index is 0.492. The number of rotatable bonds is 3. The van der Waals surface area contributed by atoms with Crippen LogP contribution in [0.5, 0.6) is 0 Å². The van der Waals surface area contributed by atoms with E-state index in [4.69, 9.17) is 0 Å². The number of aliphatic hydroxyl groups is 1. The van der Waals surface area contributed by atoms with Crippen molar-refractivity contribution in [3.05, 3.63) is 45.7 Å². The molecule has 4 heteroatoms. The quantitative estimate of drug-likeness (QED) is 0.887. The van der Waals surface area contributed by atoms with Gasteiger partial charge in [-0.25, -0.2) is 4.98 Å². The normalized spacial score (nSPS) is 12.7. The first-order valence-corrected chi connectivity index (χ1v) is 6.04. The summed E-state index contributed by atoms with van der Waals surface area (Å²) in [7, 11) is 0. The lowest BCUT2D eigenvalue weighted by Crippen LogP contribution is -2.04. The Kier molecular flexibility index (Phi) is 3.31. The minimum atomic E-state index is -0.492. The molecular weight excluding hydrogens is 220 g/mol. The van der Waals surface area contributed by atoms with Crippen LogP contribution in [0, 0.1) is 13.8 Å². The van der Waals surface area contributed by atoms with Crippen LogP contribution in [0.4, 0.5) is 0 Å². The summed E-state index contributed by atoms with van der Waals surface area (Å²) in [5.41, 5.74) is 2.96. The van der Waals surface area contributed by atoms with Crippen LogP contribution in [0.15, 0.2) is 23.8 Å². The fraction of sp³-hybridized carbons (Fsp3) is 0.333. The number of nitrogens with zero attached hydrogens (tertiary/aromatic N) is 2. The Labute approximate surface area is 98.8 Å². The molecule has 0 saturated heterocycles. The van der Waals surface area contributed by atoms with E-state index in [-0.39, 0.29) is 0 Å². The van der Waals surface area contributed by atoms with Gasteiger partial charge in [-0.3, -0.25) is 4.98 Å². The van der Waals surface area contributed by atoms with E-state index >= 15 is 0 Å². The molecule has 0 amide bonds. The van der Waals surface area contributed by atoms with Gasteiger partial charge in [0.05, 0.1) is 11.1 Å². The molecule has 3 nitrogen and oxygen atoms in total. The molecule has 2 rings (SSSR count). The maximum atomic E-state index is 10.1. The van der Waals surface area contributed by atoms with Crippen molar-refractivity contribution in [2.75, 3.05) is 0 Å². The van der Waals surface area contributed by atoms with Crippen molar-refractivity contribution in [3.8, 4) is 0 Å². The number of aromatic nitrogens is 2. The second-order valence-electron chi connectivity index (χ2n) is 3.83. The Morgan fingerprint density at radius 3 is 2.88 bits per heavy atom. The Morgan fingerprint density at radius 1 is 1.44 bits per heavy atom. The lowest BCUT2D eigenvalue weighted by molar-refractivity contribution is 0.177. The molecule has 1 N–H and O–H groups in total. The van der Waals surface area contributed by atoms with Gasteiger partial charge in [-0.15, -0.1) is 11.3 Å². The number of hydrogen-bond donors (Lipinski definition) is 1. The van der Waals surface area contributed by atoms with Gasteiger partial charge in [0.1, 0.15) is 0 Å². The predicted molar refractivity (Wildman–Crippen MR) is 64.5 cm³/mol. The highest BCUT2D eigenvalue weighted by Gasteiger charge is 2.12. The highest BCUT2D eigenvalue weighted by atomic mass is 32.1. The van der Waals surface area contributed by atoms with E-state index in [1.165, 1.54) is 0 Å². The van der Waals surface area contributed by atoms with E-state index in [0.29, 0.717) is 6.42 Å². The topological polar surface area (TPSA) is 46.0 Å². The van der Waals surface area contributed by atoms with Gasteiger partial charge in [-0.1, -0.05) is 0 Å². The molecule has 1 atom stereocenters. The van der Waals surface area contributed by atoms with Crippen LogP contribution in [0.2, 0.25) is 0 Å². The fourth-order valence-electron chi connectivity index (χ4n) is 1.63. The molecule has 2 aromatic heterocycles. The van der Waals surface area contributed by atoms with E-state index in [1.807, 2.05) is 25.3 Å². The summed E-state index contributed by atoms with van der Waals surface area (Å²) in [6, 6.07) is 1.86. The molecule has 2 aromatic rings. The first kappa shape index (κ1) is 11.2. The average Bonchev–Trinajstić information content (AvgIpc) is 2.64. The van der Waals surface area contributed by atoms with E-state index in [0.717, 1.165) is 21.8 Å². The summed E-state index contributed by atoms with van der Waals surface area (Å²) < 4.78 is 0. The highest BCUT2D eigenvalue weighted by molar-refractivity contribution is 7.09. The lowest BCUT2D eigenvalue weighted by Gasteiger charge is -2.11. The van der Waals surface area contributed by atoms with Crippen LogP contribution in [-0.2, 0) is 6.42 Å². The van der Waals surface area contributed by atoms with Crippen molar-refractivity contribution < 1.29 is 5.11 Å². The maximum Gasteiger partial charge on any atom is 0.0957 e. The molecule has 0 saturated carbocycles. The number of aryl methyl sites for hydroxylation is 2. The Hall–Kier alpha value is -1.26. The molecule has 16 heavy (non-hydrogen) atoms. The zero-order chi connectivity index (χ0) is 11.5. The van der Waals surface area contributed by atoms with Crippen molar-refractivity contribution >= 4 is 11.3 Å². The third-order valence-corrected chi connectivity index (χ3v) is 3.45. The van der Waals surface area contributed by atoms with Gasteiger partial charge in [0.25, 0.3) is 0 Å². The second kappa shape index (κ2) is 4.72.